The Morgan fingerprint density at radius 3 is 3.00 bits per heavy atom. The third-order valence-corrected chi connectivity index (χ3v) is 4.47. The molecule has 0 spiro atoms. The molecule has 94 valence electrons. The summed E-state index contributed by atoms with van der Waals surface area (Å²) in [6.45, 7) is 5.25. The largest absolute Gasteiger partial charge is 0.313 e. The minimum atomic E-state index is 0.628. The van der Waals surface area contributed by atoms with Crippen LogP contribution in [-0.4, -0.2) is 27.8 Å². The van der Waals surface area contributed by atoms with E-state index < -0.39 is 0 Å². The number of rotatable bonds is 4. The van der Waals surface area contributed by atoms with Gasteiger partial charge < -0.3 is 5.32 Å². The molecule has 1 heterocycles. The van der Waals surface area contributed by atoms with Gasteiger partial charge in [0.2, 0.25) is 0 Å². The van der Waals surface area contributed by atoms with Gasteiger partial charge in [-0.2, -0.15) is 0 Å². The normalized spacial score (nSPS) is 24.8. The molecule has 0 bridgehead atoms. The first-order valence-electron chi connectivity index (χ1n) is 6.49. The van der Waals surface area contributed by atoms with Crippen molar-refractivity contribution < 1.29 is 0 Å². The maximum Gasteiger partial charge on any atom is 0.188 e. The van der Waals surface area contributed by atoms with E-state index in [1.807, 2.05) is 30.9 Å². The fraction of sp³-hybridized carbons (Fsp3) is 0.692. The van der Waals surface area contributed by atoms with Crippen molar-refractivity contribution in [2.45, 2.75) is 56.0 Å². The van der Waals surface area contributed by atoms with Crippen LogP contribution in [-0.2, 0) is 0 Å². The zero-order valence-electron chi connectivity index (χ0n) is 10.6. The van der Waals surface area contributed by atoms with Crippen molar-refractivity contribution in [3.8, 4) is 0 Å². The molecule has 1 N–H and O–H groups in total. The third-order valence-electron chi connectivity index (χ3n) is 3.20. The van der Waals surface area contributed by atoms with Crippen LogP contribution in [0.15, 0.2) is 17.4 Å². The summed E-state index contributed by atoms with van der Waals surface area (Å²) in [7, 11) is 0. The fourth-order valence-electron chi connectivity index (χ4n) is 2.35. The molecule has 3 nitrogen and oxygen atoms in total. The van der Waals surface area contributed by atoms with Crippen LogP contribution in [0, 0.1) is 6.92 Å². The number of hydrogen-bond acceptors (Lipinski definition) is 4. The lowest BCUT2D eigenvalue weighted by molar-refractivity contribution is 0.390. The van der Waals surface area contributed by atoms with Crippen LogP contribution >= 0.6 is 11.8 Å². The van der Waals surface area contributed by atoms with Crippen molar-refractivity contribution in [3.63, 3.8) is 0 Å². The molecule has 1 aromatic rings. The Morgan fingerprint density at radius 1 is 1.41 bits per heavy atom. The van der Waals surface area contributed by atoms with Gasteiger partial charge >= 0.3 is 0 Å². The Kier molecular flexibility index (Phi) is 4.80. The van der Waals surface area contributed by atoms with E-state index in [2.05, 4.69) is 22.2 Å². The molecule has 17 heavy (non-hydrogen) atoms. The van der Waals surface area contributed by atoms with E-state index in [1.165, 1.54) is 25.7 Å². The Bertz CT molecular complexity index is 354. The van der Waals surface area contributed by atoms with Gasteiger partial charge in [0.15, 0.2) is 5.16 Å². The van der Waals surface area contributed by atoms with E-state index in [4.69, 9.17) is 0 Å². The lowest BCUT2D eigenvalue weighted by Crippen LogP contribution is -2.40. The maximum absolute atomic E-state index is 4.49. The van der Waals surface area contributed by atoms with E-state index >= 15 is 0 Å². The summed E-state index contributed by atoms with van der Waals surface area (Å²) in [5, 5.41) is 5.15. The number of nitrogens with one attached hydrogen (secondary N) is 1. The zero-order chi connectivity index (χ0) is 12.1. The van der Waals surface area contributed by atoms with Gasteiger partial charge in [-0.1, -0.05) is 31.5 Å². The first-order valence-corrected chi connectivity index (χ1v) is 7.37. The van der Waals surface area contributed by atoms with Crippen molar-refractivity contribution in [3.05, 3.63) is 18.0 Å². The van der Waals surface area contributed by atoms with Crippen LogP contribution in [0.1, 0.15) is 38.3 Å². The van der Waals surface area contributed by atoms with Gasteiger partial charge in [-0.05, 0) is 32.4 Å². The third kappa shape index (κ3) is 3.68. The molecule has 2 unspecified atom stereocenters. The summed E-state index contributed by atoms with van der Waals surface area (Å²) in [5.41, 5.74) is 1.05. The summed E-state index contributed by atoms with van der Waals surface area (Å²) >= 11 is 1.84. The lowest BCUT2D eigenvalue weighted by atomic mass is 9.95. The van der Waals surface area contributed by atoms with Crippen molar-refractivity contribution in [2.24, 2.45) is 0 Å². The van der Waals surface area contributed by atoms with Crippen LogP contribution in [0.2, 0.25) is 0 Å². The van der Waals surface area contributed by atoms with Crippen molar-refractivity contribution in [2.75, 3.05) is 6.54 Å². The summed E-state index contributed by atoms with van der Waals surface area (Å²) in [5.74, 6) is 0. The number of nitrogens with zero attached hydrogens (tertiary/aromatic N) is 2. The minimum Gasteiger partial charge on any atom is -0.313 e. The van der Waals surface area contributed by atoms with Gasteiger partial charge in [0.25, 0.3) is 0 Å². The second-order valence-electron chi connectivity index (χ2n) is 4.59. The van der Waals surface area contributed by atoms with Gasteiger partial charge in [0.1, 0.15) is 0 Å². The van der Waals surface area contributed by atoms with Crippen LogP contribution < -0.4 is 5.32 Å². The van der Waals surface area contributed by atoms with Gasteiger partial charge in [-0.25, -0.2) is 9.97 Å². The fourth-order valence-corrected chi connectivity index (χ4v) is 3.62. The Balaban J connectivity index is 2.00. The minimum absolute atomic E-state index is 0.628. The molecule has 1 saturated carbocycles. The summed E-state index contributed by atoms with van der Waals surface area (Å²) in [6.07, 6.45) is 7.11. The molecule has 0 aliphatic heterocycles. The molecule has 1 aromatic heterocycles. The second kappa shape index (κ2) is 6.36. The van der Waals surface area contributed by atoms with Gasteiger partial charge in [-0.15, -0.1) is 0 Å². The molecule has 0 radical (unpaired) electrons. The van der Waals surface area contributed by atoms with E-state index in [0.29, 0.717) is 11.3 Å². The van der Waals surface area contributed by atoms with Gasteiger partial charge in [-0.3, -0.25) is 0 Å². The SMILES string of the molecule is CCNC1CCCCC1Sc1nccc(C)n1. The molecule has 0 amide bonds. The first-order chi connectivity index (χ1) is 8.29. The summed E-state index contributed by atoms with van der Waals surface area (Å²) in [4.78, 5) is 8.84. The Hall–Kier alpha value is -0.610. The van der Waals surface area contributed by atoms with E-state index in [-0.39, 0.29) is 0 Å². The number of hydrogen-bond donors (Lipinski definition) is 1. The monoisotopic (exact) mass is 251 g/mol. The highest BCUT2D eigenvalue weighted by molar-refractivity contribution is 7.99. The summed E-state index contributed by atoms with van der Waals surface area (Å²) in [6, 6.07) is 2.58. The molecular weight excluding hydrogens is 230 g/mol. The van der Waals surface area contributed by atoms with E-state index in [0.717, 1.165) is 17.4 Å². The van der Waals surface area contributed by atoms with E-state index in [1.54, 1.807) is 0 Å². The standard InChI is InChI=1S/C13H21N3S/c1-3-14-11-6-4-5-7-12(11)17-13-15-9-8-10(2)16-13/h8-9,11-12,14H,3-7H2,1-2H3. The van der Waals surface area contributed by atoms with Crippen LogP contribution in [0.3, 0.4) is 0 Å². The van der Waals surface area contributed by atoms with Crippen LogP contribution in [0.25, 0.3) is 0 Å². The molecule has 4 heteroatoms. The van der Waals surface area contributed by atoms with Crippen molar-refractivity contribution in [1.82, 2.24) is 15.3 Å². The molecule has 1 aliphatic carbocycles. The smallest absolute Gasteiger partial charge is 0.188 e. The van der Waals surface area contributed by atoms with Crippen molar-refractivity contribution in [1.29, 1.82) is 0 Å². The molecule has 1 fully saturated rings. The predicted molar refractivity (Wildman–Crippen MR) is 72.3 cm³/mol. The quantitative estimate of drug-likeness (QED) is 0.835. The Labute approximate surface area is 108 Å². The molecule has 0 aromatic carbocycles. The maximum atomic E-state index is 4.49. The highest BCUT2D eigenvalue weighted by atomic mass is 32.2. The van der Waals surface area contributed by atoms with Gasteiger partial charge in [0, 0.05) is 23.2 Å². The van der Waals surface area contributed by atoms with Crippen LogP contribution in [0.5, 0.6) is 0 Å². The Morgan fingerprint density at radius 2 is 2.24 bits per heavy atom. The lowest BCUT2D eigenvalue weighted by Gasteiger charge is -2.31. The molecule has 2 rings (SSSR count). The number of thioether (sulfide) groups is 1. The topological polar surface area (TPSA) is 37.8 Å². The molecule has 2 atom stereocenters. The number of aromatic nitrogens is 2. The zero-order valence-corrected chi connectivity index (χ0v) is 11.5. The van der Waals surface area contributed by atoms with E-state index in [9.17, 15) is 0 Å². The molecule has 0 saturated heterocycles. The highest BCUT2D eigenvalue weighted by Crippen LogP contribution is 2.32. The second-order valence-corrected chi connectivity index (χ2v) is 5.79. The predicted octanol–water partition coefficient (Wildman–Crippen LogP) is 2.80. The summed E-state index contributed by atoms with van der Waals surface area (Å²) < 4.78 is 0. The first kappa shape index (κ1) is 12.8. The van der Waals surface area contributed by atoms with Crippen molar-refractivity contribution >= 4 is 11.8 Å². The van der Waals surface area contributed by atoms with Gasteiger partial charge in [0.05, 0.1) is 0 Å². The molecule has 1 aliphatic rings. The van der Waals surface area contributed by atoms with Crippen LogP contribution in [0.4, 0.5) is 0 Å². The highest BCUT2D eigenvalue weighted by Gasteiger charge is 2.25. The average Bonchev–Trinajstić information content (AvgIpc) is 2.32. The average molecular weight is 251 g/mol. The molecular formula is C13H21N3S. The number of aryl methyl sites for hydroxylation is 1.